The second kappa shape index (κ2) is 48.0. The summed E-state index contributed by atoms with van der Waals surface area (Å²) in [4.78, 5) is 24.4. The van der Waals surface area contributed by atoms with Crippen molar-refractivity contribution in [2.75, 3.05) is 13.2 Å². The summed E-state index contributed by atoms with van der Waals surface area (Å²) in [5.74, 6) is -0.127. The summed E-state index contributed by atoms with van der Waals surface area (Å²) in [6.45, 7) is 4.83. The molecule has 0 fully saturated rings. The summed E-state index contributed by atoms with van der Waals surface area (Å²) in [5, 5.41) is 23.0. The number of allylic oxidation sites excluding steroid dienone is 3. The molecule has 0 aromatic carbocycles. The molecule has 0 rings (SSSR count). The van der Waals surface area contributed by atoms with Crippen molar-refractivity contribution in [1.29, 1.82) is 0 Å². The molecule has 2 atom stereocenters. The number of amides is 1. The molecule has 0 bridgehead atoms. The summed E-state index contributed by atoms with van der Waals surface area (Å²) in [5.41, 5.74) is 0. The Bertz CT molecular complexity index is 904. The predicted molar refractivity (Wildman–Crippen MR) is 250 cm³/mol. The Morgan fingerprint density at radius 3 is 1.22 bits per heavy atom. The molecule has 0 saturated carbocycles. The highest BCUT2D eigenvalue weighted by atomic mass is 16.5. The van der Waals surface area contributed by atoms with E-state index in [9.17, 15) is 19.8 Å². The normalized spacial score (nSPS) is 12.8. The predicted octanol–water partition coefficient (Wildman–Crippen LogP) is 15.1. The van der Waals surface area contributed by atoms with Crippen molar-refractivity contribution >= 4 is 11.9 Å². The Hall–Kier alpha value is -1.66. The molecule has 6 nitrogen and oxygen atoms in total. The molecule has 342 valence electrons. The third-order valence-corrected chi connectivity index (χ3v) is 11.7. The highest BCUT2D eigenvalue weighted by Gasteiger charge is 2.18. The summed E-state index contributed by atoms with van der Waals surface area (Å²) >= 11 is 0. The fourth-order valence-electron chi connectivity index (χ4n) is 7.74. The first-order valence-corrected chi connectivity index (χ1v) is 25.6. The van der Waals surface area contributed by atoms with Gasteiger partial charge in [-0.2, -0.15) is 0 Å². The first-order valence-electron chi connectivity index (χ1n) is 25.6. The summed E-state index contributed by atoms with van der Waals surface area (Å²) < 4.78 is 5.43. The minimum Gasteiger partial charge on any atom is -0.466 e. The van der Waals surface area contributed by atoms with Crippen LogP contribution in [0.5, 0.6) is 0 Å². The van der Waals surface area contributed by atoms with Crippen molar-refractivity contribution in [3.8, 4) is 0 Å². The quantitative estimate of drug-likeness (QED) is 0.0323. The van der Waals surface area contributed by atoms with Gasteiger partial charge in [-0.25, -0.2) is 0 Å². The van der Waals surface area contributed by atoms with Crippen molar-refractivity contribution in [2.24, 2.45) is 0 Å². The van der Waals surface area contributed by atoms with Crippen molar-refractivity contribution < 1.29 is 24.5 Å². The van der Waals surface area contributed by atoms with Gasteiger partial charge in [0.1, 0.15) is 0 Å². The lowest BCUT2D eigenvalue weighted by Gasteiger charge is -2.20. The summed E-state index contributed by atoms with van der Waals surface area (Å²) in [6.07, 6.45) is 56.0. The van der Waals surface area contributed by atoms with Crippen LogP contribution < -0.4 is 5.32 Å². The van der Waals surface area contributed by atoms with Crippen LogP contribution >= 0.6 is 0 Å². The average molecular weight is 818 g/mol. The number of ether oxygens (including phenoxy) is 1. The Labute approximate surface area is 361 Å². The molecule has 3 N–H and O–H groups in total. The zero-order valence-corrected chi connectivity index (χ0v) is 38.8. The topological polar surface area (TPSA) is 95.9 Å². The molecule has 0 saturated heterocycles. The molecule has 2 unspecified atom stereocenters. The summed E-state index contributed by atoms with van der Waals surface area (Å²) in [6, 6.07) is -0.648. The molecule has 1 amide bonds. The van der Waals surface area contributed by atoms with Gasteiger partial charge in [0.15, 0.2) is 0 Å². The van der Waals surface area contributed by atoms with Gasteiger partial charge in [0.05, 0.1) is 25.4 Å². The number of hydrogen-bond acceptors (Lipinski definition) is 5. The van der Waals surface area contributed by atoms with E-state index in [1.165, 1.54) is 161 Å². The molecule has 0 aromatic rings. The van der Waals surface area contributed by atoms with E-state index in [0.29, 0.717) is 19.4 Å². The SMILES string of the molecule is CCCCCCCCCCCCCCCC/C=C/C(O)C(CO)NC(=O)CCCCCCC/C=C\CCCCOC(=O)CCCCCCCCCCCCCCCC. The minimum atomic E-state index is -0.861. The lowest BCUT2D eigenvalue weighted by atomic mass is 10.0. The van der Waals surface area contributed by atoms with E-state index < -0.39 is 12.1 Å². The number of aliphatic hydroxyl groups is 2. The van der Waals surface area contributed by atoms with Gasteiger partial charge < -0.3 is 20.3 Å². The van der Waals surface area contributed by atoms with E-state index in [1.54, 1.807) is 6.08 Å². The zero-order chi connectivity index (χ0) is 42.3. The molecular weight excluding hydrogens is 719 g/mol. The van der Waals surface area contributed by atoms with Crippen molar-refractivity contribution in [3.05, 3.63) is 24.3 Å². The molecule has 6 heteroatoms. The van der Waals surface area contributed by atoms with Gasteiger partial charge in [-0.15, -0.1) is 0 Å². The molecule has 0 spiro atoms. The molecule has 0 aliphatic heterocycles. The van der Waals surface area contributed by atoms with Gasteiger partial charge in [-0.3, -0.25) is 9.59 Å². The van der Waals surface area contributed by atoms with Gasteiger partial charge in [-0.1, -0.05) is 224 Å². The van der Waals surface area contributed by atoms with Crippen LogP contribution in [-0.2, 0) is 14.3 Å². The van der Waals surface area contributed by atoms with Gasteiger partial charge in [0.2, 0.25) is 5.91 Å². The number of carbonyl (C=O) groups is 2. The average Bonchev–Trinajstić information content (AvgIpc) is 3.22. The van der Waals surface area contributed by atoms with Crippen LogP contribution in [0.4, 0.5) is 0 Å². The minimum absolute atomic E-state index is 0.0309. The molecule has 0 radical (unpaired) electrons. The van der Waals surface area contributed by atoms with Gasteiger partial charge >= 0.3 is 5.97 Å². The van der Waals surface area contributed by atoms with Crippen molar-refractivity contribution in [1.82, 2.24) is 5.32 Å². The van der Waals surface area contributed by atoms with Gasteiger partial charge in [0.25, 0.3) is 0 Å². The number of nitrogens with one attached hydrogen (secondary N) is 1. The van der Waals surface area contributed by atoms with Crippen LogP contribution in [0.3, 0.4) is 0 Å². The van der Waals surface area contributed by atoms with Crippen LogP contribution in [0.15, 0.2) is 24.3 Å². The molecule has 0 aliphatic rings. The highest BCUT2D eigenvalue weighted by molar-refractivity contribution is 5.76. The zero-order valence-electron chi connectivity index (χ0n) is 38.8. The van der Waals surface area contributed by atoms with Crippen molar-refractivity contribution in [2.45, 2.75) is 283 Å². The van der Waals surface area contributed by atoms with Crippen LogP contribution in [0.1, 0.15) is 271 Å². The molecule has 0 aromatic heterocycles. The maximum atomic E-state index is 12.4. The fraction of sp³-hybridized carbons (Fsp3) is 0.885. The second-order valence-electron chi connectivity index (χ2n) is 17.5. The van der Waals surface area contributed by atoms with Crippen molar-refractivity contribution in [3.63, 3.8) is 0 Å². The maximum Gasteiger partial charge on any atom is 0.305 e. The van der Waals surface area contributed by atoms with E-state index in [1.807, 2.05) is 6.08 Å². The lowest BCUT2D eigenvalue weighted by Crippen LogP contribution is -2.45. The smallest absolute Gasteiger partial charge is 0.305 e. The number of carbonyl (C=O) groups excluding carboxylic acids is 2. The monoisotopic (exact) mass is 818 g/mol. The Morgan fingerprint density at radius 1 is 0.466 bits per heavy atom. The van der Waals surface area contributed by atoms with E-state index in [-0.39, 0.29) is 18.5 Å². The first-order chi connectivity index (χ1) is 28.5. The number of esters is 1. The second-order valence-corrected chi connectivity index (χ2v) is 17.5. The number of rotatable bonds is 47. The van der Waals surface area contributed by atoms with E-state index >= 15 is 0 Å². The third-order valence-electron chi connectivity index (χ3n) is 11.7. The van der Waals surface area contributed by atoms with E-state index in [4.69, 9.17) is 4.74 Å². The van der Waals surface area contributed by atoms with Gasteiger partial charge in [-0.05, 0) is 57.8 Å². The van der Waals surface area contributed by atoms with E-state index in [2.05, 4.69) is 31.3 Å². The standard InChI is InChI=1S/C52H99NO5/c1-3-5-7-9-11-13-15-17-19-20-21-24-28-32-36-40-44-50(55)49(48-54)53-51(56)45-41-37-33-29-25-23-27-31-35-39-43-47-58-52(57)46-42-38-34-30-26-22-18-16-14-12-10-8-6-4-2/h27,31,40,44,49-50,54-55H,3-26,28-30,32-39,41-43,45-48H2,1-2H3,(H,53,56)/b31-27-,44-40+. The molecular formula is C52H99NO5. The molecule has 0 heterocycles. The number of hydrogen-bond donors (Lipinski definition) is 3. The number of aliphatic hydroxyl groups excluding tert-OH is 2. The Balaban J connectivity index is 3.55. The maximum absolute atomic E-state index is 12.4. The molecule has 0 aliphatic carbocycles. The molecule has 58 heavy (non-hydrogen) atoms. The number of unbranched alkanes of at least 4 members (excludes halogenated alkanes) is 34. The Morgan fingerprint density at radius 2 is 0.810 bits per heavy atom. The van der Waals surface area contributed by atoms with Crippen LogP contribution in [0.2, 0.25) is 0 Å². The first kappa shape index (κ1) is 56.3. The summed E-state index contributed by atoms with van der Waals surface area (Å²) in [7, 11) is 0. The van der Waals surface area contributed by atoms with Crippen LogP contribution in [0, 0.1) is 0 Å². The van der Waals surface area contributed by atoms with Crippen LogP contribution in [0.25, 0.3) is 0 Å². The highest BCUT2D eigenvalue weighted by Crippen LogP contribution is 2.16. The van der Waals surface area contributed by atoms with Gasteiger partial charge in [0, 0.05) is 12.8 Å². The Kier molecular flexibility index (Phi) is 46.6. The van der Waals surface area contributed by atoms with Crippen LogP contribution in [-0.4, -0.2) is 47.4 Å². The fourth-order valence-corrected chi connectivity index (χ4v) is 7.74. The lowest BCUT2D eigenvalue weighted by molar-refractivity contribution is -0.143. The third kappa shape index (κ3) is 43.9. The van der Waals surface area contributed by atoms with E-state index in [0.717, 1.165) is 83.5 Å². The largest absolute Gasteiger partial charge is 0.466 e.